The monoisotopic (exact) mass is 316 g/mol. The molecule has 0 spiro atoms. The van der Waals surface area contributed by atoms with Crippen LogP contribution in [0.15, 0.2) is 0 Å². The second kappa shape index (κ2) is 6.34. The molecule has 7 heteroatoms. The number of hydrogen-bond donors (Lipinski definition) is 1. The van der Waals surface area contributed by atoms with E-state index >= 15 is 0 Å². The molecule has 120 valence electrons. The van der Waals surface area contributed by atoms with Gasteiger partial charge in [0.05, 0.1) is 23.3 Å². The molecule has 1 saturated carbocycles. The van der Waals surface area contributed by atoms with E-state index in [-0.39, 0.29) is 41.2 Å². The van der Waals surface area contributed by atoms with Crippen molar-refractivity contribution in [1.82, 2.24) is 10.2 Å². The zero-order chi connectivity index (χ0) is 15.6. The number of hydrogen-bond acceptors (Lipinski definition) is 4. The lowest BCUT2D eigenvalue weighted by molar-refractivity contribution is -0.135. The molecule has 0 radical (unpaired) electrons. The summed E-state index contributed by atoms with van der Waals surface area (Å²) < 4.78 is 22.9. The molecule has 1 saturated heterocycles. The van der Waals surface area contributed by atoms with E-state index in [1.807, 2.05) is 0 Å². The lowest BCUT2D eigenvalue weighted by Crippen LogP contribution is -2.39. The van der Waals surface area contributed by atoms with Crippen LogP contribution in [0.2, 0.25) is 0 Å². The van der Waals surface area contributed by atoms with Gasteiger partial charge in [0.1, 0.15) is 0 Å². The molecule has 2 aliphatic rings. The van der Waals surface area contributed by atoms with Gasteiger partial charge in [-0.25, -0.2) is 8.42 Å². The Kier molecular flexibility index (Phi) is 4.91. The number of nitrogens with zero attached hydrogens (tertiary/aromatic N) is 1. The Hall–Kier alpha value is -1.11. The first-order valence-corrected chi connectivity index (χ1v) is 9.42. The molecule has 2 fully saturated rings. The van der Waals surface area contributed by atoms with Gasteiger partial charge in [0, 0.05) is 19.6 Å². The number of nitrogens with one attached hydrogen (secondary N) is 1. The number of rotatable bonds is 6. The summed E-state index contributed by atoms with van der Waals surface area (Å²) in [4.78, 5) is 25.7. The molecule has 2 rings (SSSR count). The average Bonchev–Trinajstić information content (AvgIpc) is 3.15. The van der Waals surface area contributed by atoms with Gasteiger partial charge < -0.3 is 10.2 Å². The molecule has 1 heterocycles. The lowest BCUT2D eigenvalue weighted by atomic mass is 10.2. The van der Waals surface area contributed by atoms with E-state index in [1.54, 1.807) is 7.05 Å². The maximum absolute atomic E-state index is 12.3. The molecule has 0 bridgehead atoms. The van der Waals surface area contributed by atoms with E-state index in [9.17, 15) is 18.0 Å². The molecule has 6 nitrogen and oxygen atoms in total. The fourth-order valence-corrected chi connectivity index (χ4v) is 4.57. The van der Waals surface area contributed by atoms with E-state index in [1.165, 1.54) is 4.90 Å². The molecule has 3 atom stereocenters. The van der Waals surface area contributed by atoms with Crippen molar-refractivity contribution in [1.29, 1.82) is 0 Å². The Labute approximate surface area is 126 Å². The number of sulfone groups is 1. The third-order valence-electron chi connectivity index (χ3n) is 4.38. The molecule has 21 heavy (non-hydrogen) atoms. The SMILES string of the molecule is CCCCNC(=O)C1CC1C(=O)N(C)C1CCS(=O)(=O)C1. The molecule has 0 aromatic rings. The van der Waals surface area contributed by atoms with Crippen LogP contribution in [0.4, 0.5) is 0 Å². The van der Waals surface area contributed by atoms with Gasteiger partial charge in [-0.05, 0) is 19.3 Å². The van der Waals surface area contributed by atoms with E-state index < -0.39 is 9.84 Å². The van der Waals surface area contributed by atoms with Crippen molar-refractivity contribution in [2.24, 2.45) is 11.8 Å². The summed E-state index contributed by atoms with van der Waals surface area (Å²) in [6.45, 7) is 2.71. The van der Waals surface area contributed by atoms with E-state index in [0.29, 0.717) is 19.4 Å². The fraction of sp³-hybridized carbons (Fsp3) is 0.857. The molecule has 0 aromatic carbocycles. The fourth-order valence-electron chi connectivity index (χ4n) is 2.80. The summed E-state index contributed by atoms with van der Waals surface area (Å²) in [7, 11) is -1.35. The number of amides is 2. The van der Waals surface area contributed by atoms with Crippen LogP contribution in [0.5, 0.6) is 0 Å². The third-order valence-corrected chi connectivity index (χ3v) is 6.13. The topological polar surface area (TPSA) is 83.6 Å². The number of unbranched alkanes of at least 4 members (excludes halogenated alkanes) is 1. The Balaban J connectivity index is 1.81. The highest BCUT2D eigenvalue weighted by Crippen LogP contribution is 2.40. The zero-order valence-corrected chi connectivity index (χ0v) is 13.5. The van der Waals surface area contributed by atoms with Crippen LogP contribution in [0.3, 0.4) is 0 Å². The first-order chi connectivity index (χ1) is 9.85. The average molecular weight is 316 g/mol. The highest BCUT2D eigenvalue weighted by Gasteiger charge is 2.50. The van der Waals surface area contributed by atoms with Crippen molar-refractivity contribution >= 4 is 21.7 Å². The molecule has 2 amide bonds. The Morgan fingerprint density at radius 2 is 2.00 bits per heavy atom. The summed E-state index contributed by atoms with van der Waals surface area (Å²) in [6.07, 6.45) is 3.05. The van der Waals surface area contributed by atoms with Crippen molar-refractivity contribution in [2.45, 2.75) is 38.6 Å². The second-order valence-electron chi connectivity index (χ2n) is 6.10. The van der Waals surface area contributed by atoms with Crippen molar-refractivity contribution in [3.8, 4) is 0 Å². The largest absolute Gasteiger partial charge is 0.356 e. The molecular formula is C14H24N2O4S. The minimum absolute atomic E-state index is 0.0470. The van der Waals surface area contributed by atoms with Gasteiger partial charge in [-0.1, -0.05) is 13.3 Å². The predicted molar refractivity (Wildman–Crippen MR) is 79.3 cm³/mol. The minimum Gasteiger partial charge on any atom is -0.356 e. The van der Waals surface area contributed by atoms with Crippen molar-refractivity contribution < 1.29 is 18.0 Å². The predicted octanol–water partition coefficient (Wildman–Crippen LogP) is 0.184. The van der Waals surface area contributed by atoms with Crippen LogP contribution >= 0.6 is 0 Å². The van der Waals surface area contributed by atoms with Crippen LogP contribution < -0.4 is 5.32 Å². The van der Waals surface area contributed by atoms with Crippen molar-refractivity contribution in [3.63, 3.8) is 0 Å². The molecular weight excluding hydrogens is 292 g/mol. The van der Waals surface area contributed by atoms with Crippen LogP contribution in [0, 0.1) is 11.8 Å². The van der Waals surface area contributed by atoms with Crippen LogP contribution in [0.25, 0.3) is 0 Å². The summed E-state index contributed by atoms with van der Waals surface area (Å²) in [6, 6.07) is -0.230. The van der Waals surface area contributed by atoms with Gasteiger partial charge in [0.15, 0.2) is 9.84 Å². The highest BCUT2D eigenvalue weighted by atomic mass is 32.2. The molecule has 1 N–H and O–H groups in total. The number of carbonyl (C=O) groups excluding carboxylic acids is 2. The second-order valence-corrected chi connectivity index (χ2v) is 8.33. The number of carbonyl (C=O) groups is 2. The standard InChI is InChI=1S/C14H24N2O4S/c1-3-4-6-15-13(17)11-8-12(11)14(18)16(2)10-5-7-21(19,20)9-10/h10-12H,3-9H2,1-2H3,(H,15,17). The smallest absolute Gasteiger partial charge is 0.226 e. The van der Waals surface area contributed by atoms with Crippen molar-refractivity contribution in [3.05, 3.63) is 0 Å². The van der Waals surface area contributed by atoms with Crippen LogP contribution in [0.1, 0.15) is 32.6 Å². The third kappa shape index (κ3) is 3.96. The van der Waals surface area contributed by atoms with E-state index in [4.69, 9.17) is 0 Å². The Morgan fingerprint density at radius 3 is 2.57 bits per heavy atom. The van der Waals surface area contributed by atoms with Crippen LogP contribution in [-0.4, -0.2) is 56.3 Å². The summed E-state index contributed by atoms with van der Waals surface area (Å²) in [5, 5.41) is 2.85. The van der Waals surface area contributed by atoms with Gasteiger partial charge in [0.2, 0.25) is 11.8 Å². The zero-order valence-electron chi connectivity index (χ0n) is 12.7. The summed E-state index contributed by atoms with van der Waals surface area (Å²) >= 11 is 0. The molecule has 0 aromatic heterocycles. The summed E-state index contributed by atoms with van der Waals surface area (Å²) in [5.74, 6) is -0.423. The van der Waals surface area contributed by atoms with Gasteiger partial charge in [0.25, 0.3) is 0 Å². The van der Waals surface area contributed by atoms with Gasteiger partial charge in [-0.2, -0.15) is 0 Å². The minimum atomic E-state index is -3.00. The highest BCUT2D eigenvalue weighted by molar-refractivity contribution is 7.91. The maximum atomic E-state index is 12.3. The van der Waals surface area contributed by atoms with Crippen LogP contribution in [-0.2, 0) is 19.4 Å². The molecule has 3 unspecified atom stereocenters. The Bertz CT molecular complexity index is 517. The first-order valence-electron chi connectivity index (χ1n) is 7.60. The molecule has 1 aliphatic carbocycles. The lowest BCUT2D eigenvalue weighted by Gasteiger charge is -2.23. The normalized spacial score (nSPS) is 29.9. The van der Waals surface area contributed by atoms with Gasteiger partial charge in [-0.3, -0.25) is 9.59 Å². The van der Waals surface area contributed by atoms with Crippen molar-refractivity contribution in [2.75, 3.05) is 25.1 Å². The van der Waals surface area contributed by atoms with E-state index in [2.05, 4.69) is 12.2 Å². The summed E-state index contributed by atoms with van der Waals surface area (Å²) in [5.41, 5.74) is 0. The quantitative estimate of drug-likeness (QED) is 0.709. The van der Waals surface area contributed by atoms with Gasteiger partial charge in [-0.15, -0.1) is 0 Å². The Morgan fingerprint density at radius 1 is 1.29 bits per heavy atom. The first kappa shape index (κ1) is 16.3. The molecule has 1 aliphatic heterocycles. The maximum Gasteiger partial charge on any atom is 0.226 e. The van der Waals surface area contributed by atoms with Gasteiger partial charge >= 0.3 is 0 Å². The van der Waals surface area contributed by atoms with E-state index in [0.717, 1.165) is 12.8 Å².